The van der Waals surface area contributed by atoms with Gasteiger partial charge in [-0.15, -0.1) is 0 Å². The molecule has 0 saturated carbocycles. The van der Waals surface area contributed by atoms with E-state index in [0.717, 1.165) is 11.3 Å². The minimum atomic E-state index is -0.0220. The van der Waals surface area contributed by atoms with Crippen molar-refractivity contribution in [3.63, 3.8) is 0 Å². The molecule has 0 bridgehead atoms. The first-order valence-corrected chi connectivity index (χ1v) is 4.54. The number of nitrogens with one attached hydrogen (secondary N) is 1. The first kappa shape index (κ1) is 9.02. The standard InChI is InChI=1S/C10H13N3O/c1-11-13-7-8-5-3-4-6-9(8)12(2)10(13)14/h3-6,11H,7H2,1-2H3. The molecule has 1 aliphatic heterocycles. The van der Waals surface area contributed by atoms with Gasteiger partial charge in [-0.1, -0.05) is 18.2 Å². The number of amides is 2. The molecule has 1 aromatic rings. The average molecular weight is 191 g/mol. The van der Waals surface area contributed by atoms with Gasteiger partial charge in [0.15, 0.2) is 0 Å². The van der Waals surface area contributed by atoms with Crippen LogP contribution in [0.3, 0.4) is 0 Å². The molecule has 0 aromatic heterocycles. The van der Waals surface area contributed by atoms with Crippen LogP contribution in [0.5, 0.6) is 0 Å². The number of carbonyl (C=O) groups excluding carboxylic acids is 1. The summed E-state index contributed by atoms with van der Waals surface area (Å²) in [5, 5.41) is 1.59. The van der Waals surface area contributed by atoms with Gasteiger partial charge in [0.2, 0.25) is 0 Å². The SMILES string of the molecule is CNN1Cc2ccccc2N(C)C1=O. The van der Waals surface area contributed by atoms with Gasteiger partial charge in [-0.3, -0.25) is 9.91 Å². The normalized spacial score (nSPS) is 15.7. The van der Waals surface area contributed by atoms with Crippen LogP contribution in [0.4, 0.5) is 10.5 Å². The Hall–Kier alpha value is -1.55. The van der Waals surface area contributed by atoms with Crippen molar-refractivity contribution in [1.29, 1.82) is 0 Å². The van der Waals surface area contributed by atoms with Crippen LogP contribution in [0, 0.1) is 0 Å². The van der Waals surface area contributed by atoms with Crippen molar-refractivity contribution < 1.29 is 4.79 Å². The van der Waals surface area contributed by atoms with E-state index in [4.69, 9.17) is 0 Å². The lowest BCUT2D eigenvalue weighted by Gasteiger charge is -2.34. The van der Waals surface area contributed by atoms with Crippen molar-refractivity contribution in [2.75, 3.05) is 19.0 Å². The summed E-state index contributed by atoms with van der Waals surface area (Å²) >= 11 is 0. The Labute approximate surface area is 83.1 Å². The maximum atomic E-state index is 11.7. The molecule has 2 amide bonds. The number of hydrogen-bond donors (Lipinski definition) is 1. The number of nitrogens with zero attached hydrogens (tertiary/aromatic N) is 2. The summed E-state index contributed by atoms with van der Waals surface area (Å²) in [4.78, 5) is 13.4. The second-order valence-corrected chi connectivity index (χ2v) is 3.28. The van der Waals surface area contributed by atoms with Crippen LogP contribution in [0.15, 0.2) is 24.3 Å². The zero-order chi connectivity index (χ0) is 10.1. The first-order valence-electron chi connectivity index (χ1n) is 4.54. The molecule has 0 fully saturated rings. The molecule has 0 radical (unpaired) electrons. The summed E-state index contributed by atoms with van der Waals surface area (Å²) in [6, 6.07) is 7.89. The van der Waals surface area contributed by atoms with E-state index in [1.165, 1.54) is 0 Å². The van der Waals surface area contributed by atoms with Crippen LogP contribution >= 0.6 is 0 Å². The van der Waals surface area contributed by atoms with E-state index in [1.54, 1.807) is 24.0 Å². The van der Waals surface area contributed by atoms with Crippen molar-refractivity contribution in [1.82, 2.24) is 10.4 Å². The van der Waals surface area contributed by atoms with E-state index < -0.39 is 0 Å². The monoisotopic (exact) mass is 191 g/mol. The highest BCUT2D eigenvalue weighted by molar-refractivity contribution is 5.93. The topological polar surface area (TPSA) is 35.6 Å². The van der Waals surface area contributed by atoms with Crippen molar-refractivity contribution in [2.24, 2.45) is 0 Å². The van der Waals surface area contributed by atoms with E-state index in [-0.39, 0.29) is 6.03 Å². The van der Waals surface area contributed by atoms with Crippen LogP contribution in [0.2, 0.25) is 0 Å². The largest absolute Gasteiger partial charge is 0.338 e. The lowest BCUT2D eigenvalue weighted by atomic mass is 10.1. The van der Waals surface area contributed by atoms with E-state index in [0.29, 0.717) is 6.54 Å². The number of urea groups is 1. The Morgan fingerprint density at radius 3 is 2.79 bits per heavy atom. The molecule has 0 unspecified atom stereocenters. The number of fused-ring (bicyclic) bond motifs is 1. The second-order valence-electron chi connectivity index (χ2n) is 3.28. The lowest BCUT2D eigenvalue weighted by Crippen LogP contribution is -2.50. The predicted octanol–water partition coefficient (Wildman–Crippen LogP) is 1.19. The van der Waals surface area contributed by atoms with Gasteiger partial charge in [0.25, 0.3) is 0 Å². The third kappa shape index (κ3) is 1.24. The fraction of sp³-hybridized carbons (Fsp3) is 0.300. The quantitative estimate of drug-likeness (QED) is 0.723. The lowest BCUT2D eigenvalue weighted by molar-refractivity contribution is 0.178. The summed E-state index contributed by atoms with van der Waals surface area (Å²) in [5.74, 6) is 0. The third-order valence-corrected chi connectivity index (χ3v) is 2.47. The van der Waals surface area contributed by atoms with E-state index in [1.807, 2.05) is 24.3 Å². The Bertz CT molecular complexity index is 364. The highest BCUT2D eigenvalue weighted by Crippen LogP contribution is 2.25. The van der Waals surface area contributed by atoms with E-state index >= 15 is 0 Å². The fourth-order valence-corrected chi connectivity index (χ4v) is 1.67. The molecule has 0 spiro atoms. The van der Waals surface area contributed by atoms with Crippen molar-refractivity contribution in [3.05, 3.63) is 29.8 Å². The number of carbonyl (C=O) groups is 1. The molecule has 4 heteroatoms. The maximum Gasteiger partial charge on any atom is 0.338 e. The Balaban J connectivity index is 2.42. The van der Waals surface area contributed by atoms with Crippen LogP contribution in [-0.2, 0) is 6.54 Å². The van der Waals surface area contributed by atoms with E-state index in [9.17, 15) is 4.79 Å². The van der Waals surface area contributed by atoms with Crippen LogP contribution in [0.1, 0.15) is 5.56 Å². The molecule has 0 saturated heterocycles. The van der Waals surface area contributed by atoms with Crippen LogP contribution < -0.4 is 10.3 Å². The number of anilines is 1. The van der Waals surface area contributed by atoms with Gasteiger partial charge in [0, 0.05) is 14.1 Å². The zero-order valence-corrected chi connectivity index (χ0v) is 8.32. The molecule has 0 aliphatic carbocycles. The van der Waals surface area contributed by atoms with E-state index in [2.05, 4.69) is 5.43 Å². The van der Waals surface area contributed by atoms with Gasteiger partial charge >= 0.3 is 6.03 Å². The summed E-state index contributed by atoms with van der Waals surface area (Å²) < 4.78 is 0. The molecule has 74 valence electrons. The van der Waals surface area contributed by atoms with Crippen molar-refractivity contribution in [3.8, 4) is 0 Å². The highest BCUT2D eigenvalue weighted by atomic mass is 16.2. The Morgan fingerprint density at radius 2 is 2.07 bits per heavy atom. The minimum absolute atomic E-state index is 0.0220. The fourth-order valence-electron chi connectivity index (χ4n) is 1.67. The third-order valence-electron chi connectivity index (χ3n) is 2.47. The Kier molecular flexibility index (Phi) is 2.13. The van der Waals surface area contributed by atoms with Gasteiger partial charge in [-0.2, -0.15) is 0 Å². The van der Waals surface area contributed by atoms with Gasteiger partial charge in [-0.25, -0.2) is 10.2 Å². The number of benzene rings is 1. The molecule has 4 nitrogen and oxygen atoms in total. The maximum absolute atomic E-state index is 11.7. The van der Waals surface area contributed by atoms with Crippen LogP contribution in [0.25, 0.3) is 0 Å². The first-order chi connectivity index (χ1) is 6.74. The summed E-state index contributed by atoms with van der Waals surface area (Å²) in [6.45, 7) is 0.621. The molecule has 1 heterocycles. The highest BCUT2D eigenvalue weighted by Gasteiger charge is 2.26. The molecule has 1 aromatic carbocycles. The number of hydrazine groups is 1. The second kappa shape index (κ2) is 3.31. The number of hydrogen-bond acceptors (Lipinski definition) is 2. The van der Waals surface area contributed by atoms with Gasteiger partial charge < -0.3 is 0 Å². The molecule has 2 rings (SSSR count). The summed E-state index contributed by atoms with van der Waals surface area (Å²) in [7, 11) is 3.53. The average Bonchev–Trinajstić information content (AvgIpc) is 2.23. The van der Waals surface area contributed by atoms with Gasteiger partial charge in [0.1, 0.15) is 0 Å². The molecule has 0 atom stereocenters. The molecule has 14 heavy (non-hydrogen) atoms. The van der Waals surface area contributed by atoms with Gasteiger partial charge in [-0.05, 0) is 11.6 Å². The number of para-hydroxylation sites is 1. The minimum Gasteiger partial charge on any atom is -0.296 e. The van der Waals surface area contributed by atoms with Crippen LogP contribution in [-0.4, -0.2) is 25.1 Å². The smallest absolute Gasteiger partial charge is 0.296 e. The predicted molar refractivity (Wildman–Crippen MR) is 54.8 cm³/mol. The van der Waals surface area contributed by atoms with Crippen molar-refractivity contribution >= 4 is 11.7 Å². The molecular weight excluding hydrogens is 178 g/mol. The van der Waals surface area contributed by atoms with Crippen molar-refractivity contribution in [2.45, 2.75) is 6.54 Å². The zero-order valence-electron chi connectivity index (χ0n) is 8.32. The Morgan fingerprint density at radius 1 is 1.36 bits per heavy atom. The summed E-state index contributed by atoms with van der Waals surface area (Å²) in [6.07, 6.45) is 0. The summed E-state index contributed by atoms with van der Waals surface area (Å²) in [5.41, 5.74) is 5.01. The molecular formula is C10H13N3O. The molecule has 1 aliphatic rings. The van der Waals surface area contributed by atoms with Gasteiger partial charge in [0.05, 0.1) is 12.2 Å². The molecule has 1 N–H and O–H groups in total. The number of rotatable bonds is 1.